The van der Waals surface area contributed by atoms with Gasteiger partial charge in [0.25, 0.3) is 5.91 Å². The Morgan fingerprint density at radius 3 is 2.53 bits per heavy atom. The predicted molar refractivity (Wildman–Crippen MR) is 139 cm³/mol. The molecule has 8 nitrogen and oxygen atoms in total. The molecule has 6 rings (SSSR count). The van der Waals surface area contributed by atoms with Crippen LogP contribution < -0.4 is 10.5 Å². The lowest BCUT2D eigenvalue weighted by Gasteiger charge is -2.27. The fourth-order valence-electron chi connectivity index (χ4n) is 5.90. The summed E-state index contributed by atoms with van der Waals surface area (Å²) in [6.07, 6.45) is 4.88. The molecule has 0 aromatic carbocycles. The van der Waals surface area contributed by atoms with Gasteiger partial charge in [-0.1, -0.05) is 19.8 Å². The predicted octanol–water partition coefficient (Wildman–Crippen LogP) is 4.11. The van der Waals surface area contributed by atoms with Crippen LogP contribution in [0.3, 0.4) is 0 Å². The summed E-state index contributed by atoms with van der Waals surface area (Å²) in [6.45, 7) is 7.75. The lowest BCUT2D eigenvalue weighted by Crippen LogP contribution is -2.34. The summed E-state index contributed by atoms with van der Waals surface area (Å²) in [5.41, 5.74) is 12.2. The molecule has 4 heterocycles. The molecular weight excluding hydrogens is 472 g/mol. The lowest BCUT2D eigenvalue weighted by molar-refractivity contribution is 0.0740. The molecule has 2 atom stereocenters. The Morgan fingerprint density at radius 2 is 1.89 bits per heavy atom. The van der Waals surface area contributed by atoms with Crippen LogP contribution in [0.15, 0.2) is 29.1 Å². The summed E-state index contributed by atoms with van der Waals surface area (Å²) in [6, 6.07) is 6.03. The second-order valence-electron chi connectivity index (χ2n) is 11.6. The van der Waals surface area contributed by atoms with Crippen LogP contribution in [-0.2, 0) is 18.0 Å². The second-order valence-corrected chi connectivity index (χ2v) is 12.3. The molecule has 36 heavy (non-hydrogen) atoms. The van der Waals surface area contributed by atoms with E-state index < -0.39 is 5.54 Å². The minimum absolute atomic E-state index is 0.0128. The van der Waals surface area contributed by atoms with Gasteiger partial charge in [-0.3, -0.25) is 9.48 Å². The van der Waals surface area contributed by atoms with Crippen molar-refractivity contribution in [2.24, 2.45) is 24.6 Å². The van der Waals surface area contributed by atoms with E-state index in [0.717, 1.165) is 35.5 Å². The number of rotatable bonds is 6. The van der Waals surface area contributed by atoms with E-state index in [1.165, 1.54) is 24.2 Å². The number of amides is 1. The van der Waals surface area contributed by atoms with E-state index in [1.807, 2.05) is 43.3 Å². The monoisotopic (exact) mass is 506 g/mol. The van der Waals surface area contributed by atoms with Crippen molar-refractivity contribution in [3.63, 3.8) is 0 Å². The number of carbonyl (C=O) groups is 1. The summed E-state index contributed by atoms with van der Waals surface area (Å²) in [4.78, 5) is 24.5. The number of thiazole rings is 1. The van der Waals surface area contributed by atoms with Crippen molar-refractivity contribution in [2.75, 3.05) is 13.1 Å². The van der Waals surface area contributed by atoms with E-state index in [2.05, 4.69) is 23.1 Å². The van der Waals surface area contributed by atoms with E-state index >= 15 is 0 Å². The highest BCUT2D eigenvalue weighted by molar-refractivity contribution is 7.07. The van der Waals surface area contributed by atoms with Crippen molar-refractivity contribution >= 4 is 17.2 Å². The fraction of sp³-hybridized carbons (Fsp3) is 0.556. The normalized spacial score (nSPS) is 24.7. The fourth-order valence-corrected chi connectivity index (χ4v) is 6.45. The molecule has 1 saturated heterocycles. The van der Waals surface area contributed by atoms with Crippen LogP contribution in [0.2, 0.25) is 0 Å². The molecule has 3 aromatic heterocycles. The number of nitrogens with two attached hydrogens (primary N) is 1. The van der Waals surface area contributed by atoms with Crippen LogP contribution in [0.25, 0.3) is 11.4 Å². The number of ether oxygens (including phenoxy) is 1. The maximum absolute atomic E-state index is 13.2. The molecule has 0 spiro atoms. The van der Waals surface area contributed by atoms with Gasteiger partial charge in [0.2, 0.25) is 5.88 Å². The third-order valence-corrected chi connectivity index (χ3v) is 8.91. The van der Waals surface area contributed by atoms with Crippen molar-refractivity contribution in [1.29, 1.82) is 0 Å². The van der Waals surface area contributed by atoms with E-state index in [-0.39, 0.29) is 17.4 Å². The third-order valence-electron chi connectivity index (χ3n) is 8.32. The summed E-state index contributed by atoms with van der Waals surface area (Å²) < 4.78 is 8.11. The molecule has 1 aliphatic heterocycles. The first-order valence-corrected chi connectivity index (χ1v) is 13.8. The maximum atomic E-state index is 13.2. The Kier molecular flexibility index (Phi) is 5.50. The lowest BCUT2D eigenvalue weighted by atomic mass is 9.82. The smallest absolute Gasteiger partial charge is 0.272 e. The summed E-state index contributed by atoms with van der Waals surface area (Å²) >= 11 is 1.52. The molecule has 0 radical (unpaired) electrons. The zero-order valence-electron chi connectivity index (χ0n) is 21.4. The molecule has 1 amide bonds. The number of pyridine rings is 1. The largest absolute Gasteiger partial charge is 0.474 e. The number of aromatic nitrogens is 4. The molecule has 3 fully saturated rings. The van der Waals surface area contributed by atoms with Gasteiger partial charge in [0.05, 0.1) is 11.2 Å². The van der Waals surface area contributed by atoms with Crippen LogP contribution in [0.5, 0.6) is 5.88 Å². The summed E-state index contributed by atoms with van der Waals surface area (Å²) in [5.74, 6) is 1.36. The van der Waals surface area contributed by atoms with E-state index in [0.29, 0.717) is 36.5 Å². The number of piperidine rings is 1. The van der Waals surface area contributed by atoms with Gasteiger partial charge in [-0.15, -0.1) is 11.3 Å². The number of aryl methyl sites for hydroxylation is 1. The second kappa shape index (κ2) is 8.38. The van der Waals surface area contributed by atoms with Gasteiger partial charge < -0.3 is 15.4 Å². The highest BCUT2D eigenvalue weighted by atomic mass is 32.1. The van der Waals surface area contributed by atoms with Gasteiger partial charge in [-0.25, -0.2) is 9.97 Å². The molecule has 2 saturated carbocycles. The molecule has 190 valence electrons. The number of fused-ring (bicyclic) bond motifs is 1. The Balaban J connectivity index is 1.15. The number of hydrogen-bond donors (Lipinski definition) is 1. The molecule has 3 aliphatic rings. The first kappa shape index (κ1) is 23.6. The van der Waals surface area contributed by atoms with Crippen LogP contribution in [0.4, 0.5) is 0 Å². The highest BCUT2D eigenvalue weighted by Gasteiger charge is 2.59. The molecule has 3 aromatic rings. The first-order chi connectivity index (χ1) is 17.1. The first-order valence-electron chi connectivity index (χ1n) is 12.8. The number of carbonyl (C=O) groups excluding carboxylic acids is 1. The Bertz CT molecular complexity index is 1280. The topological polar surface area (TPSA) is 99.2 Å². The Hall–Kier alpha value is -2.78. The molecular formula is C27H34N6O2S. The van der Waals surface area contributed by atoms with Crippen LogP contribution in [0, 0.1) is 11.8 Å². The van der Waals surface area contributed by atoms with Crippen molar-refractivity contribution in [3.8, 4) is 17.3 Å². The van der Waals surface area contributed by atoms with Gasteiger partial charge in [-0.2, -0.15) is 5.10 Å². The van der Waals surface area contributed by atoms with Crippen LogP contribution >= 0.6 is 11.3 Å². The number of hydrogen-bond acceptors (Lipinski definition) is 7. The van der Waals surface area contributed by atoms with Crippen molar-refractivity contribution in [3.05, 3.63) is 46.0 Å². The Labute approximate surface area is 215 Å². The zero-order valence-corrected chi connectivity index (χ0v) is 22.2. The maximum Gasteiger partial charge on any atom is 0.272 e. The Morgan fingerprint density at radius 1 is 1.17 bits per heavy atom. The molecule has 2 unspecified atom stereocenters. The van der Waals surface area contributed by atoms with E-state index in [4.69, 9.17) is 15.5 Å². The summed E-state index contributed by atoms with van der Waals surface area (Å²) in [7, 11) is 1.81. The number of nitrogens with zero attached hydrogens (tertiary/aromatic N) is 5. The molecule has 9 heteroatoms. The highest BCUT2D eigenvalue weighted by Crippen LogP contribution is 2.49. The minimum Gasteiger partial charge on any atom is -0.474 e. The van der Waals surface area contributed by atoms with Crippen molar-refractivity contribution in [1.82, 2.24) is 24.6 Å². The van der Waals surface area contributed by atoms with Gasteiger partial charge in [-0.05, 0) is 44.4 Å². The van der Waals surface area contributed by atoms with Crippen molar-refractivity contribution < 1.29 is 9.53 Å². The quantitative estimate of drug-likeness (QED) is 0.540. The SMILES string of the molecule is Cn1nc(-c2cscn2)cc1C(=O)N1CC2C(C1)C2Oc1cc(C(C)(C)N)cc(C2(C)CCCC2)n1. The standard InChI is InChI=1S/C27H34N6O2S/c1-26(2,28)16-9-22(27(3)7-5-6-8-27)30-23(10-16)35-24-17-12-33(13-18(17)24)25(34)21-11-19(31-32(21)4)20-14-36-15-29-20/h9-11,14-15,17-18,24H,5-8,12-13,28H2,1-4H3. The zero-order chi connectivity index (χ0) is 25.2. The molecule has 2 N–H and O–H groups in total. The molecule has 0 bridgehead atoms. The van der Waals surface area contributed by atoms with Gasteiger partial charge in [0, 0.05) is 54.4 Å². The van der Waals surface area contributed by atoms with Crippen molar-refractivity contribution in [2.45, 2.75) is 63.5 Å². The van der Waals surface area contributed by atoms with Gasteiger partial charge >= 0.3 is 0 Å². The average molecular weight is 507 g/mol. The van der Waals surface area contributed by atoms with Crippen LogP contribution in [0.1, 0.15) is 68.2 Å². The number of likely N-dealkylation sites (tertiary alicyclic amines) is 1. The third kappa shape index (κ3) is 4.12. The average Bonchev–Trinajstić information content (AvgIpc) is 3.46. The molecule has 2 aliphatic carbocycles. The van der Waals surface area contributed by atoms with Crippen LogP contribution in [-0.4, -0.2) is 49.7 Å². The minimum atomic E-state index is -0.464. The van der Waals surface area contributed by atoms with E-state index in [1.54, 1.807) is 10.2 Å². The van der Waals surface area contributed by atoms with Gasteiger partial charge in [0.15, 0.2) is 0 Å². The van der Waals surface area contributed by atoms with E-state index in [9.17, 15) is 4.79 Å². The van der Waals surface area contributed by atoms with Gasteiger partial charge in [0.1, 0.15) is 23.2 Å². The summed E-state index contributed by atoms with van der Waals surface area (Å²) in [5, 5.41) is 6.43.